The molecule has 2 unspecified atom stereocenters. The van der Waals surface area contributed by atoms with Gasteiger partial charge in [-0.2, -0.15) is 11.8 Å². The largest absolute Gasteiger partial charge is 0.323 e. The summed E-state index contributed by atoms with van der Waals surface area (Å²) >= 11 is 2.00. The maximum atomic E-state index is 6.39. The van der Waals surface area contributed by atoms with Gasteiger partial charge >= 0.3 is 0 Å². The highest BCUT2D eigenvalue weighted by atomic mass is 32.2. The number of fused-ring (bicyclic) bond motifs is 1. The van der Waals surface area contributed by atoms with E-state index in [1.165, 1.54) is 16.7 Å². The highest BCUT2D eigenvalue weighted by Crippen LogP contribution is 2.39. The lowest BCUT2D eigenvalue weighted by atomic mass is 9.83. The van der Waals surface area contributed by atoms with Gasteiger partial charge < -0.3 is 5.73 Å². The van der Waals surface area contributed by atoms with Crippen molar-refractivity contribution >= 4 is 11.8 Å². The molecule has 1 nitrogen and oxygen atoms in total. The second kappa shape index (κ2) is 4.66. The molecule has 0 fully saturated rings. The van der Waals surface area contributed by atoms with Crippen LogP contribution in [0, 0.1) is 0 Å². The quantitative estimate of drug-likeness (QED) is 0.814. The zero-order valence-corrected chi connectivity index (χ0v) is 12.1. The van der Waals surface area contributed by atoms with Gasteiger partial charge in [0.25, 0.3) is 0 Å². The Morgan fingerprint density at radius 3 is 2.65 bits per heavy atom. The molecule has 1 aromatic carbocycles. The van der Waals surface area contributed by atoms with Gasteiger partial charge in [-0.15, -0.1) is 0 Å². The number of hydrogen-bond acceptors (Lipinski definition) is 2. The summed E-state index contributed by atoms with van der Waals surface area (Å²) in [6.07, 6.45) is 1.16. The summed E-state index contributed by atoms with van der Waals surface area (Å²) in [5, 5.41) is 0.581. The zero-order chi connectivity index (χ0) is 12.6. The van der Waals surface area contributed by atoms with E-state index in [1.54, 1.807) is 0 Å². The Hall–Kier alpha value is -0.470. The molecule has 0 aliphatic carbocycles. The second-order valence-corrected chi connectivity index (χ2v) is 7.17. The summed E-state index contributed by atoms with van der Waals surface area (Å²) in [6.45, 7) is 9.01. The molecule has 0 bridgehead atoms. The third kappa shape index (κ3) is 2.53. The molecule has 1 aliphatic heterocycles. The van der Waals surface area contributed by atoms with Gasteiger partial charge in [0.2, 0.25) is 0 Å². The van der Waals surface area contributed by atoms with E-state index in [4.69, 9.17) is 5.73 Å². The van der Waals surface area contributed by atoms with E-state index in [2.05, 4.69) is 45.9 Å². The van der Waals surface area contributed by atoms with Crippen LogP contribution in [0.5, 0.6) is 0 Å². The van der Waals surface area contributed by atoms with Crippen molar-refractivity contribution in [2.45, 2.75) is 56.6 Å². The molecule has 1 aromatic rings. The van der Waals surface area contributed by atoms with Gasteiger partial charge in [0.05, 0.1) is 0 Å². The fourth-order valence-corrected chi connectivity index (χ4v) is 3.62. The third-order valence-corrected chi connectivity index (χ3v) is 5.16. The lowest BCUT2D eigenvalue weighted by molar-refractivity contribution is 0.583. The molecule has 1 heterocycles. The van der Waals surface area contributed by atoms with Crippen LogP contribution in [-0.4, -0.2) is 5.25 Å². The predicted molar refractivity (Wildman–Crippen MR) is 77.4 cm³/mol. The molecule has 0 aromatic heterocycles. The summed E-state index contributed by atoms with van der Waals surface area (Å²) in [7, 11) is 0. The maximum Gasteiger partial charge on any atom is 0.0418 e. The Kier molecular flexibility index (Phi) is 3.55. The summed E-state index contributed by atoms with van der Waals surface area (Å²) in [5.41, 5.74) is 10.8. The Balaban J connectivity index is 2.40. The van der Waals surface area contributed by atoms with Crippen molar-refractivity contribution in [3.8, 4) is 0 Å². The molecule has 2 N–H and O–H groups in total. The molecular weight excluding hydrogens is 226 g/mol. The Morgan fingerprint density at radius 2 is 2.06 bits per heavy atom. The lowest BCUT2D eigenvalue weighted by Gasteiger charge is -2.31. The molecule has 94 valence electrons. The lowest BCUT2D eigenvalue weighted by Crippen LogP contribution is -2.28. The normalized spacial score (nSPS) is 24.5. The first-order chi connectivity index (χ1) is 7.93. The maximum absolute atomic E-state index is 6.39. The zero-order valence-electron chi connectivity index (χ0n) is 11.3. The van der Waals surface area contributed by atoms with Crippen LogP contribution < -0.4 is 5.73 Å². The number of hydrogen-bond donors (Lipinski definition) is 1. The predicted octanol–water partition coefficient (Wildman–Crippen LogP) is 4.01. The van der Waals surface area contributed by atoms with Crippen LogP contribution in [0.15, 0.2) is 18.2 Å². The van der Waals surface area contributed by atoms with E-state index >= 15 is 0 Å². The topological polar surface area (TPSA) is 26.0 Å². The average Bonchev–Trinajstić information content (AvgIpc) is 2.28. The molecule has 0 amide bonds. The van der Waals surface area contributed by atoms with Crippen LogP contribution in [0.3, 0.4) is 0 Å². The molecule has 0 saturated heterocycles. The summed E-state index contributed by atoms with van der Waals surface area (Å²) in [5.74, 6) is 1.12. The Labute approximate surface area is 109 Å². The van der Waals surface area contributed by atoms with Crippen LogP contribution in [-0.2, 0) is 11.2 Å². The first-order valence-electron chi connectivity index (χ1n) is 6.44. The monoisotopic (exact) mass is 249 g/mol. The van der Waals surface area contributed by atoms with Gasteiger partial charge in [-0.05, 0) is 28.5 Å². The van der Waals surface area contributed by atoms with Gasteiger partial charge in [-0.1, -0.05) is 45.9 Å². The van der Waals surface area contributed by atoms with Gasteiger partial charge in [-0.3, -0.25) is 0 Å². The summed E-state index contributed by atoms with van der Waals surface area (Å²) in [6, 6.07) is 7.08. The Morgan fingerprint density at radius 1 is 1.35 bits per heavy atom. The Bertz CT molecular complexity index is 406. The molecule has 2 rings (SSSR count). The fourth-order valence-electron chi connectivity index (χ4n) is 2.38. The molecular formula is C15H23NS. The number of benzene rings is 1. The van der Waals surface area contributed by atoms with Gasteiger partial charge in [-0.25, -0.2) is 0 Å². The van der Waals surface area contributed by atoms with Crippen LogP contribution in [0.4, 0.5) is 0 Å². The number of rotatable bonds is 1. The van der Waals surface area contributed by atoms with Crippen LogP contribution in [0.1, 0.15) is 56.8 Å². The van der Waals surface area contributed by atoms with E-state index in [0.29, 0.717) is 5.25 Å². The van der Waals surface area contributed by atoms with Crippen molar-refractivity contribution in [3.63, 3.8) is 0 Å². The van der Waals surface area contributed by atoms with Crippen molar-refractivity contribution in [3.05, 3.63) is 34.9 Å². The van der Waals surface area contributed by atoms with Gasteiger partial charge in [0.15, 0.2) is 0 Å². The third-order valence-electron chi connectivity index (χ3n) is 3.63. The van der Waals surface area contributed by atoms with Gasteiger partial charge in [0, 0.05) is 17.0 Å². The van der Waals surface area contributed by atoms with Crippen molar-refractivity contribution in [1.29, 1.82) is 0 Å². The number of nitrogens with two attached hydrogens (primary N) is 1. The van der Waals surface area contributed by atoms with E-state index < -0.39 is 0 Å². The van der Waals surface area contributed by atoms with Crippen LogP contribution in [0.2, 0.25) is 0 Å². The molecule has 17 heavy (non-hydrogen) atoms. The van der Waals surface area contributed by atoms with Crippen LogP contribution >= 0.6 is 11.8 Å². The van der Waals surface area contributed by atoms with Crippen molar-refractivity contribution in [2.24, 2.45) is 5.73 Å². The molecule has 0 radical (unpaired) electrons. The molecule has 0 spiro atoms. The average molecular weight is 249 g/mol. The van der Waals surface area contributed by atoms with Crippen molar-refractivity contribution in [1.82, 2.24) is 0 Å². The SMILES string of the molecule is CCC1SCc2ccc(C(C)(C)C)cc2C1N. The second-order valence-electron chi connectivity index (χ2n) is 5.95. The minimum Gasteiger partial charge on any atom is -0.323 e. The standard InChI is InChI=1S/C15H23NS/c1-5-13-14(16)12-8-11(15(2,3)4)7-6-10(12)9-17-13/h6-8,13-14H,5,9,16H2,1-4H3. The van der Waals surface area contributed by atoms with E-state index in [9.17, 15) is 0 Å². The van der Waals surface area contributed by atoms with Crippen LogP contribution in [0.25, 0.3) is 0 Å². The molecule has 0 saturated carbocycles. The number of thioether (sulfide) groups is 1. The fraction of sp³-hybridized carbons (Fsp3) is 0.600. The minimum atomic E-state index is 0.205. The highest BCUT2D eigenvalue weighted by Gasteiger charge is 2.27. The van der Waals surface area contributed by atoms with Gasteiger partial charge in [0.1, 0.15) is 0 Å². The molecule has 2 atom stereocenters. The van der Waals surface area contributed by atoms with E-state index in [1.807, 2.05) is 11.8 Å². The van der Waals surface area contributed by atoms with E-state index in [-0.39, 0.29) is 11.5 Å². The summed E-state index contributed by atoms with van der Waals surface area (Å²) < 4.78 is 0. The first-order valence-corrected chi connectivity index (χ1v) is 7.49. The summed E-state index contributed by atoms with van der Waals surface area (Å²) in [4.78, 5) is 0. The first kappa shape index (κ1) is 13.0. The van der Waals surface area contributed by atoms with E-state index in [0.717, 1.165) is 12.2 Å². The highest BCUT2D eigenvalue weighted by molar-refractivity contribution is 7.99. The minimum absolute atomic E-state index is 0.205. The molecule has 1 aliphatic rings. The van der Waals surface area contributed by atoms with Crippen molar-refractivity contribution in [2.75, 3.05) is 0 Å². The molecule has 2 heteroatoms. The van der Waals surface area contributed by atoms with Crippen molar-refractivity contribution < 1.29 is 0 Å². The smallest absolute Gasteiger partial charge is 0.0418 e.